The summed E-state index contributed by atoms with van der Waals surface area (Å²) in [5.41, 5.74) is 2.11. The molecule has 1 saturated heterocycles. The van der Waals surface area contributed by atoms with Crippen molar-refractivity contribution < 1.29 is 4.74 Å². The topological polar surface area (TPSA) is 41.1 Å². The van der Waals surface area contributed by atoms with Crippen LogP contribution in [0.3, 0.4) is 0 Å². The van der Waals surface area contributed by atoms with Crippen molar-refractivity contribution in [1.82, 2.24) is 9.97 Å². The zero-order valence-corrected chi connectivity index (χ0v) is 10.2. The van der Waals surface area contributed by atoms with Crippen molar-refractivity contribution in [3.63, 3.8) is 0 Å². The van der Waals surface area contributed by atoms with E-state index in [1.54, 1.807) is 0 Å². The van der Waals surface area contributed by atoms with Crippen LogP contribution in [0.25, 0.3) is 11.0 Å². The van der Waals surface area contributed by atoms with E-state index in [4.69, 9.17) is 4.74 Å². The number of aromatic nitrogens is 2. The highest BCUT2D eigenvalue weighted by molar-refractivity contribution is 5.77. The van der Waals surface area contributed by atoms with E-state index in [1.165, 1.54) is 0 Å². The number of fused-ring (bicyclic) bond motifs is 1. The van der Waals surface area contributed by atoms with Crippen LogP contribution in [0.2, 0.25) is 0 Å². The van der Waals surface area contributed by atoms with Gasteiger partial charge in [-0.2, -0.15) is 0 Å². The fraction of sp³-hybridized carbons (Fsp3) is 0.462. The molecule has 90 valence electrons. The molecular formula is C13H17N3O. The maximum absolute atomic E-state index is 5.63. The SMILES string of the molecule is C[C@@H]1OCCN(c2nc3ccccc3[nH]2)[C@@H]1C. The van der Waals surface area contributed by atoms with Gasteiger partial charge in [0.15, 0.2) is 0 Å². The number of nitrogens with zero attached hydrogens (tertiary/aromatic N) is 2. The lowest BCUT2D eigenvalue weighted by Gasteiger charge is -2.37. The third kappa shape index (κ3) is 1.78. The smallest absolute Gasteiger partial charge is 0.204 e. The Hall–Kier alpha value is -1.55. The molecule has 0 unspecified atom stereocenters. The fourth-order valence-corrected chi connectivity index (χ4v) is 2.31. The second-order valence-corrected chi connectivity index (χ2v) is 4.59. The summed E-state index contributed by atoms with van der Waals surface area (Å²) in [6.45, 7) is 5.95. The second kappa shape index (κ2) is 4.04. The van der Waals surface area contributed by atoms with Crippen LogP contribution in [0.5, 0.6) is 0 Å². The van der Waals surface area contributed by atoms with Crippen molar-refractivity contribution in [2.24, 2.45) is 0 Å². The molecule has 4 nitrogen and oxygen atoms in total. The summed E-state index contributed by atoms with van der Waals surface area (Å²) in [6, 6.07) is 8.47. The molecule has 0 spiro atoms. The zero-order valence-electron chi connectivity index (χ0n) is 10.2. The Balaban J connectivity index is 1.97. The lowest BCUT2D eigenvalue weighted by atomic mass is 10.1. The van der Waals surface area contributed by atoms with Gasteiger partial charge >= 0.3 is 0 Å². The average Bonchev–Trinajstić information content (AvgIpc) is 2.76. The number of nitrogens with one attached hydrogen (secondary N) is 1. The van der Waals surface area contributed by atoms with Crippen LogP contribution in [-0.4, -0.2) is 35.3 Å². The number of ether oxygens (including phenoxy) is 1. The van der Waals surface area contributed by atoms with Gasteiger partial charge in [0.05, 0.1) is 29.8 Å². The van der Waals surface area contributed by atoms with E-state index >= 15 is 0 Å². The zero-order chi connectivity index (χ0) is 11.8. The molecule has 0 radical (unpaired) electrons. The number of benzene rings is 1. The summed E-state index contributed by atoms with van der Waals surface area (Å²) < 4.78 is 5.63. The van der Waals surface area contributed by atoms with E-state index in [0.717, 1.165) is 30.1 Å². The van der Waals surface area contributed by atoms with Crippen molar-refractivity contribution in [2.75, 3.05) is 18.1 Å². The van der Waals surface area contributed by atoms with Crippen molar-refractivity contribution in [3.05, 3.63) is 24.3 Å². The molecule has 3 rings (SSSR count). The number of morpholine rings is 1. The van der Waals surface area contributed by atoms with Gasteiger partial charge < -0.3 is 14.6 Å². The Morgan fingerprint density at radius 2 is 2.18 bits per heavy atom. The Morgan fingerprint density at radius 3 is 3.00 bits per heavy atom. The fourth-order valence-electron chi connectivity index (χ4n) is 2.31. The van der Waals surface area contributed by atoms with E-state index in [2.05, 4.69) is 34.8 Å². The highest BCUT2D eigenvalue weighted by Gasteiger charge is 2.27. The predicted molar refractivity (Wildman–Crippen MR) is 68.3 cm³/mol. The van der Waals surface area contributed by atoms with Gasteiger partial charge in [0.1, 0.15) is 0 Å². The van der Waals surface area contributed by atoms with E-state index in [9.17, 15) is 0 Å². The van der Waals surface area contributed by atoms with E-state index in [0.29, 0.717) is 6.04 Å². The third-order valence-electron chi connectivity index (χ3n) is 3.53. The maximum atomic E-state index is 5.63. The molecule has 4 heteroatoms. The lowest BCUT2D eigenvalue weighted by Crippen LogP contribution is -2.49. The number of aromatic amines is 1. The van der Waals surface area contributed by atoms with Crippen LogP contribution in [0.15, 0.2) is 24.3 Å². The molecule has 1 aliphatic rings. The van der Waals surface area contributed by atoms with Gasteiger partial charge in [-0.3, -0.25) is 0 Å². The maximum Gasteiger partial charge on any atom is 0.204 e. The number of H-pyrrole nitrogens is 1. The molecule has 1 N–H and O–H groups in total. The molecule has 0 saturated carbocycles. The Bertz CT molecular complexity index is 489. The average molecular weight is 231 g/mol. The first-order chi connectivity index (χ1) is 8.25. The van der Waals surface area contributed by atoms with Crippen molar-refractivity contribution in [3.8, 4) is 0 Å². The summed E-state index contributed by atoms with van der Waals surface area (Å²) in [5, 5.41) is 0. The summed E-state index contributed by atoms with van der Waals surface area (Å²) in [4.78, 5) is 10.3. The van der Waals surface area contributed by atoms with Crippen molar-refractivity contribution in [1.29, 1.82) is 0 Å². The minimum Gasteiger partial charge on any atom is -0.375 e. The highest BCUT2D eigenvalue weighted by Crippen LogP contribution is 2.22. The van der Waals surface area contributed by atoms with Crippen LogP contribution in [0, 0.1) is 0 Å². The number of rotatable bonds is 1. The molecule has 2 aromatic rings. The van der Waals surface area contributed by atoms with Gasteiger partial charge in [-0.25, -0.2) is 4.98 Å². The number of anilines is 1. The van der Waals surface area contributed by atoms with Gasteiger partial charge in [-0.1, -0.05) is 12.1 Å². The highest BCUT2D eigenvalue weighted by atomic mass is 16.5. The van der Waals surface area contributed by atoms with Crippen LogP contribution in [0.1, 0.15) is 13.8 Å². The second-order valence-electron chi connectivity index (χ2n) is 4.59. The standard InChI is InChI=1S/C13H17N3O/c1-9-10(2)17-8-7-16(9)13-14-11-5-3-4-6-12(11)15-13/h3-6,9-10H,7-8H2,1-2H3,(H,14,15)/t9-,10+/m1/s1. The summed E-state index contributed by atoms with van der Waals surface area (Å²) >= 11 is 0. The van der Waals surface area contributed by atoms with Gasteiger partial charge in [0.2, 0.25) is 5.95 Å². The first kappa shape index (κ1) is 10.6. The van der Waals surface area contributed by atoms with E-state index in [-0.39, 0.29) is 6.10 Å². The predicted octanol–water partition coefficient (Wildman–Crippen LogP) is 2.18. The normalized spacial score (nSPS) is 25.4. The van der Waals surface area contributed by atoms with Crippen molar-refractivity contribution in [2.45, 2.75) is 26.0 Å². The van der Waals surface area contributed by atoms with Gasteiger partial charge in [-0.05, 0) is 26.0 Å². The van der Waals surface area contributed by atoms with Crippen LogP contribution >= 0.6 is 0 Å². The van der Waals surface area contributed by atoms with Crippen LogP contribution < -0.4 is 4.90 Å². The van der Waals surface area contributed by atoms with Gasteiger partial charge in [0, 0.05) is 6.54 Å². The molecule has 0 bridgehead atoms. The number of imidazole rings is 1. The van der Waals surface area contributed by atoms with Gasteiger partial charge in [-0.15, -0.1) is 0 Å². The Labute approximate surface area is 101 Å². The Kier molecular flexibility index (Phi) is 2.52. The quantitative estimate of drug-likeness (QED) is 0.817. The summed E-state index contributed by atoms with van der Waals surface area (Å²) in [7, 11) is 0. The third-order valence-corrected chi connectivity index (χ3v) is 3.53. The first-order valence-electron chi connectivity index (χ1n) is 6.09. The number of hydrogen-bond acceptors (Lipinski definition) is 3. The summed E-state index contributed by atoms with van der Waals surface area (Å²) in [6.07, 6.45) is 0.247. The molecular weight excluding hydrogens is 214 g/mol. The Morgan fingerprint density at radius 1 is 1.35 bits per heavy atom. The van der Waals surface area contributed by atoms with Crippen LogP contribution in [-0.2, 0) is 4.74 Å². The molecule has 1 aliphatic heterocycles. The lowest BCUT2D eigenvalue weighted by molar-refractivity contribution is 0.0278. The minimum absolute atomic E-state index is 0.247. The summed E-state index contributed by atoms with van der Waals surface area (Å²) in [5.74, 6) is 0.953. The van der Waals surface area contributed by atoms with Crippen molar-refractivity contribution >= 4 is 17.0 Å². The molecule has 2 heterocycles. The molecule has 1 aromatic carbocycles. The first-order valence-corrected chi connectivity index (χ1v) is 6.09. The number of para-hydroxylation sites is 2. The molecule has 17 heavy (non-hydrogen) atoms. The van der Waals surface area contributed by atoms with Gasteiger partial charge in [0.25, 0.3) is 0 Å². The minimum atomic E-state index is 0.247. The number of hydrogen-bond donors (Lipinski definition) is 1. The molecule has 1 fully saturated rings. The molecule has 2 atom stereocenters. The molecule has 0 amide bonds. The largest absolute Gasteiger partial charge is 0.375 e. The van der Waals surface area contributed by atoms with E-state index in [1.807, 2.05) is 18.2 Å². The van der Waals surface area contributed by atoms with E-state index < -0.39 is 0 Å². The monoisotopic (exact) mass is 231 g/mol. The molecule has 0 aliphatic carbocycles. The van der Waals surface area contributed by atoms with Crippen LogP contribution in [0.4, 0.5) is 5.95 Å². The molecule has 1 aromatic heterocycles.